The monoisotopic (exact) mass is 272 g/mol. The molecule has 6 nitrogen and oxygen atoms in total. The van der Waals surface area contributed by atoms with Crippen molar-refractivity contribution >= 4 is 11.6 Å². The fourth-order valence-electron chi connectivity index (χ4n) is 2.37. The zero-order chi connectivity index (χ0) is 14.1. The number of aromatic amines is 1. The quantitative estimate of drug-likeness (QED) is 0.783. The standard InChI is InChI=1S/C14H16N4O2/c1-8-10(4-5-15)14(18-17-8)9-2-3-12-11(6-9)16-13(19)7-20-12/h2-3,6H,4-5,7,15H2,1H3,(H,16,19)(H,17,18). The number of fused-ring (bicyclic) bond motifs is 1. The van der Waals surface area contributed by atoms with Gasteiger partial charge in [-0.05, 0) is 38.1 Å². The summed E-state index contributed by atoms with van der Waals surface area (Å²) >= 11 is 0. The third-order valence-corrected chi connectivity index (χ3v) is 3.35. The molecule has 0 fully saturated rings. The van der Waals surface area contributed by atoms with Crippen LogP contribution in [0.1, 0.15) is 11.3 Å². The largest absolute Gasteiger partial charge is 0.482 e. The van der Waals surface area contributed by atoms with E-state index in [0.717, 1.165) is 28.9 Å². The van der Waals surface area contributed by atoms with Crippen molar-refractivity contribution in [2.24, 2.45) is 5.73 Å². The third-order valence-electron chi connectivity index (χ3n) is 3.35. The van der Waals surface area contributed by atoms with E-state index in [4.69, 9.17) is 10.5 Å². The second-order valence-corrected chi connectivity index (χ2v) is 4.76. The number of benzene rings is 1. The normalized spacial score (nSPS) is 13.6. The Kier molecular flexibility index (Phi) is 3.15. The Morgan fingerprint density at radius 2 is 2.30 bits per heavy atom. The van der Waals surface area contributed by atoms with Gasteiger partial charge < -0.3 is 15.8 Å². The highest BCUT2D eigenvalue weighted by Crippen LogP contribution is 2.33. The van der Waals surface area contributed by atoms with E-state index in [1.807, 2.05) is 25.1 Å². The third kappa shape index (κ3) is 2.14. The van der Waals surface area contributed by atoms with Gasteiger partial charge in [-0.1, -0.05) is 0 Å². The molecular weight excluding hydrogens is 256 g/mol. The molecule has 0 unspecified atom stereocenters. The average Bonchev–Trinajstić information content (AvgIpc) is 2.80. The summed E-state index contributed by atoms with van der Waals surface area (Å²) in [4.78, 5) is 11.4. The van der Waals surface area contributed by atoms with Gasteiger partial charge in [0, 0.05) is 16.8 Å². The second-order valence-electron chi connectivity index (χ2n) is 4.76. The van der Waals surface area contributed by atoms with Crippen LogP contribution in [0.4, 0.5) is 5.69 Å². The first-order chi connectivity index (χ1) is 9.69. The van der Waals surface area contributed by atoms with Crippen LogP contribution in [0.25, 0.3) is 11.3 Å². The van der Waals surface area contributed by atoms with E-state index in [-0.39, 0.29) is 12.5 Å². The van der Waals surface area contributed by atoms with Gasteiger partial charge >= 0.3 is 0 Å². The summed E-state index contributed by atoms with van der Waals surface area (Å²) in [5.74, 6) is 0.538. The molecule has 1 amide bonds. The van der Waals surface area contributed by atoms with Crippen molar-refractivity contribution in [3.05, 3.63) is 29.5 Å². The van der Waals surface area contributed by atoms with Gasteiger partial charge in [0.1, 0.15) is 5.75 Å². The average molecular weight is 272 g/mol. The number of nitrogens with two attached hydrogens (primary N) is 1. The maximum absolute atomic E-state index is 11.4. The van der Waals surface area contributed by atoms with Gasteiger partial charge in [0.25, 0.3) is 5.91 Å². The van der Waals surface area contributed by atoms with Crippen LogP contribution in [0.5, 0.6) is 5.75 Å². The van der Waals surface area contributed by atoms with Crippen LogP contribution in [0.2, 0.25) is 0 Å². The number of anilines is 1. The molecule has 20 heavy (non-hydrogen) atoms. The lowest BCUT2D eigenvalue weighted by molar-refractivity contribution is -0.118. The first kappa shape index (κ1) is 12.7. The highest BCUT2D eigenvalue weighted by atomic mass is 16.5. The molecule has 0 atom stereocenters. The Morgan fingerprint density at radius 3 is 3.10 bits per heavy atom. The number of carbonyl (C=O) groups excluding carboxylic acids is 1. The van der Waals surface area contributed by atoms with E-state index in [0.29, 0.717) is 18.0 Å². The molecule has 1 aromatic carbocycles. The minimum atomic E-state index is -0.143. The molecule has 3 rings (SSSR count). The zero-order valence-electron chi connectivity index (χ0n) is 11.2. The highest BCUT2D eigenvalue weighted by Gasteiger charge is 2.18. The fourth-order valence-corrected chi connectivity index (χ4v) is 2.37. The molecule has 4 N–H and O–H groups in total. The van der Waals surface area contributed by atoms with Crippen LogP contribution in [0.3, 0.4) is 0 Å². The zero-order valence-corrected chi connectivity index (χ0v) is 11.2. The van der Waals surface area contributed by atoms with Crippen molar-refractivity contribution in [1.29, 1.82) is 0 Å². The van der Waals surface area contributed by atoms with Gasteiger partial charge in [0.05, 0.1) is 11.4 Å². The number of hydrogen-bond donors (Lipinski definition) is 3. The minimum absolute atomic E-state index is 0.0618. The van der Waals surface area contributed by atoms with Crippen molar-refractivity contribution in [2.45, 2.75) is 13.3 Å². The molecular formula is C14H16N4O2. The van der Waals surface area contributed by atoms with Crippen molar-refractivity contribution in [2.75, 3.05) is 18.5 Å². The van der Waals surface area contributed by atoms with Crippen LogP contribution in [-0.2, 0) is 11.2 Å². The number of aromatic nitrogens is 2. The number of ether oxygens (including phenoxy) is 1. The van der Waals surface area contributed by atoms with E-state index in [1.165, 1.54) is 0 Å². The number of nitrogens with zero attached hydrogens (tertiary/aromatic N) is 1. The van der Waals surface area contributed by atoms with E-state index in [2.05, 4.69) is 15.5 Å². The number of nitrogens with one attached hydrogen (secondary N) is 2. The van der Waals surface area contributed by atoms with Crippen molar-refractivity contribution in [3.8, 4) is 17.0 Å². The minimum Gasteiger partial charge on any atom is -0.482 e. The van der Waals surface area contributed by atoms with Crippen molar-refractivity contribution in [3.63, 3.8) is 0 Å². The molecule has 0 spiro atoms. The van der Waals surface area contributed by atoms with Gasteiger partial charge in [-0.25, -0.2) is 0 Å². The van der Waals surface area contributed by atoms with Crippen LogP contribution >= 0.6 is 0 Å². The van der Waals surface area contributed by atoms with Gasteiger partial charge in [-0.2, -0.15) is 5.10 Å². The number of rotatable bonds is 3. The summed E-state index contributed by atoms with van der Waals surface area (Å²) in [5, 5.41) is 10.1. The van der Waals surface area contributed by atoms with E-state index < -0.39 is 0 Å². The molecule has 0 bridgehead atoms. The molecule has 0 saturated heterocycles. The molecule has 0 radical (unpaired) electrons. The Hall–Kier alpha value is -2.34. The summed E-state index contributed by atoms with van der Waals surface area (Å²) in [6, 6.07) is 5.66. The molecule has 1 aromatic heterocycles. The SMILES string of the molecule is Cc1[nH]nc(-c2ccc3c(c2)NC(=O)CO3)c1CCN. The predicted molar refractivity (Wildman–Crippen MR) is 75.6 cm³/mol. The first-order valence-electron chi connectivity index (χ1n) is 6.50. The lowest BCUT2D eigenvalue weighted by Gasteiger charge is -2.18. The van der Waals surface area contributed by atoms with E-state index >= 15 is 0 Å². The Labute approximate surface area is 116 Å². The molecule has 2 aromatic rings. The van der Waals surface area contributed by atoms with Crippen LogP contribution in [0, 0.1) is 6.92 Å². The van der Waals surface area contributed by atoms with Crippen molar-refractivity contribution < 1.29 is 9.53 Å². The number of H-pyrrole nitrogens is 1. The second kappa shape index (κ2) is 4.97. The van der Waals surface area contributed by atoms with Crippen molar-refractivity contribution in [1.82, 2.24) is 10.2 Å². The smallest absolute Gasteiger partial charge is 0.262 e. The van der Waals surface area contributed by atoms with Gasteiger partial charge in [-0.15, -0.1) is 0 Å². The summed E-state index contributed by atoms with van der Waals surface area (Å²) in [7, 11) is 0. The number of amides is 1. The molecule has 0 aliphatic carbocycles. The van der Waals surface area contributed by atoms with Gasteiger partial charge in [0.15, 0.2) is 6.61 Å². The molecule has 1 aliphatic rings. The van der Waals surface area contributed by atoms with Crippen LogP contribution < -0.4 is 15.8 Å². The maximum atomic E-state index is 11.4. The maximum Gasteiger partial charge on any atom is 0.262 e. The topological polar surface area (TPSA) is 93.0 Å². The first-order valence-corrected chi connectivity index (χ1v) is 6.50. The Bertz CT molecular complexity index is 663. The summed E-state index contributed by atoms with van der Waals surface area (Å²) in [5.41, 5.74) is 10.3. The molecule has 2 heterocycles. The molecule has 104 valence electrons. The Balaban J connectivity index is 2.03. The van der Waals surface area contributed by atoms with Gasteiger partial charge in [-0.3, -0.25) is 9.89 Å². The highest BCUT2D eigenvalue weighted by molar-refractivity contribution is 5.96. The van der Waals surface area contributed by atoms with Crippen LogP contribution in [0.15, 0.2) is 18.2 Å². The van der Waals surface area contributed by atoms with E-state index in [1.54, 1.807) is 0 Å². The van der Waals surface area contributed by atoms with E-state index in [9.17, 15) is 4.79 Å². The Morgan fingerprint density at radius 1 is 1.45 bits per heavy atom. The molecule has 0 saturated carbocycles. The van der Waals surface area contributed by atoms with Gasteiger partial charge in [0.2, 0.25) is 0 Å². The lowest BCUT2D eigenvalue weighted by atomic mass is 10.0. The number of carbonyl (C=O) groups is 1. The number of hydrogen-bond acceptors (Lipinski definition) is 4. The molecule has 1 aliphatic heterocycles. The summed E-state index contributed by atoms with van der Waals surface area (Å²) in [6.45, 7) is 2.61. The summed E-state index contributed by atoms with van der Waals surface area (Å²) in [6.07, 6.45) is 0.762. The predicted octanol–water partition coefficient (Wildman–Crippen LogP) is 1.22. The number of aryl methyl sites for hydroxylation is 1. The van der Waals surface area contributed by atoms with Crippen LogP contribution in [-0.4, -0.2) is 29.3 Å². The summed E-state index contributed by atoms with van der Waals surface area (Å²) < 4.78 is 5.35. The lowest BCUT2D eigenvalue weighted by Crippen LogP contribution is -2.25. The fraction of sp³-hybridized carbons (Fsp3) is 0.286. The molecule has 6 heteroatoms.